The van der Waals surface area contributed by atoms with Gasteiger partial charge in [-0.3, -0.25) is 4.90 Å². The van der Waals surface area contributed by atoms with Gasteiger partial charge < -0.3 is 14.5 Å². The van der Waals surface area contributed by atoms with Crippen molar-refractivity contribution >= 4 is 0 Å². The van der Waals surface area contributed by atoms with E-state index in [0.29, 0.717) is 12.1 Å². The van der Waals surface area contributed by atoms with Crippen molar-refractivity contribution in [2.45, 2.75) is 58.8 Å². The number of rotatable bonds is 7. The third kappa shape index (κ3) is 4.62. The fourth-order valence-electron chi connectivity index (χ4n) is 2.73. The molecule has 20 heavy (non-hydrogen) atoms. The van der Waals surface area contributed by atoms with Gasteiger partial charge in [-0.2, -0.15) is 0 Å². The van der Waals surface area contributed by atoms with Crippen LogP contribution in [0.1, 0.15) is 44.9 Å². The van der Waals surface area contributed by atoms with Crippen LogP contribution in [0.3, 0.4) is 0 Å². The molecule has 2 rings (SSSR count). The molecule has 0 bridgehead atoms. The number of furan rings is 1. The molecule has 1 unspecified atom stereocenters. The Morgan fingerprint density at radius 1 is 1.50 bits per heavy atom. The van der Waals surface area contributed by atoms with E-state index in [4.69, 9.17) is 9.15 Å². The van der Waals surface area contributed by atoms with E-state index < -0.39 is 0 Å². The molecule has 0 aromatic carbocycles. The predicted molar refractivity (Wildman–Crippen MR) is 80.6 cm³/mol. The first-order valence-electron chi connectivity index (χ1n) is 7.81. The molecule has 1 aliphatic rings. The molecule has 0 radical (unpaired) electrons. The van der Waals surface area contributed by atoms with Crippen LogP contribution >= 0.6 is 0 Å². The molecular weight excluding hydrogens is 252 g/mol. The maximum absolute atomic E-state index is 5.76. The molecular formula is C16H28N2O2. The highest BCUT2D eigenvalue weighted by molar-refractivity contribution is 5.17. The molecule has 1 aromatic rings. The second-order valence-electron chi connectivity index (χ2n) is 5.86. The van der Waals surface area contributed by atoms with Crippen molar-refractivity contribution in [1.82, 2.24) is 10.2 Å². The molecule has 4 nitrogen and oxygen atoms in total. The van der Waals surface area contributed by atoms with Gasteiger partial charge in [0.15, 0.2) is 0 Å². The van der Waals surface area contributed by atoms with Crippen LogP contribution in [0.15, 0.2) is 16.7 Å². The Morgan fingerprint density at radius 3 is 3.10 bits per heavy atom. The molecule has 1 fully saturated rings. The summed E-state index contributed by atoms with van der Waals surface area (Å²) in [7, 11) is 0. The first-order chi connectivity index (χ1) is 9.69. The Bertz CT molecular complexity index is 388. The molecule has 1 saturated heterocycles. The van der Waals surface area contributed by atoms with Crippen LogP contribution in [0.4, 0.5) is 0 Å². The van der Waals surface area contributed by atoms with Gasteiger partial charge in [0.2, 0.25) is 0 Å². The van der Waals surface area contributed by atoms with Crippen molar-refractivity contribution in [3.8, 4) is 0 Å². The lowest BCUT2D eigenvalue weighted by Gasteiger charge is -2.32. The van der Waals surface area contributed by atoms with E-state index in [2.05, 4.69) is 37.1 Å². The second kappa shape index (κ2) is 7.81. The molecule has 1 N–H and O–H groups in total. The minimum Gasteiger partial charge on any atom is -0.468 e. The van der Waals surface area contributed by atoms with Gasteiger partial charge in [-0.15, -0.1) is 0 Å². The largest absolute Gasteiger partial charge is 0.468 e. The zero-order valence-electron chi connectivity index (χ0n) is 13.0. The van der Waals surface area contributed by atoms with Crippen molar-refractivity contribution in [3.63, 3.8) is 0 Å². The topological polar surface area (TPSA) is 37.6 Å². The number of hydrogen-bond acceptors (Lipinski definition) is 4. The van der Waals surface area contributed by atoms with Gasteiger partial charge in [0.25, 0.3) is 0 Å². The monoisotopic (exact) mass is 280 g/mol. The molecule has 0 amide bonds. The highest BCUT2D eigenvalue weighted by atomic mass is 16.5. The van der Waals surface area contributed by atoms with E-state index in [0.717, 1.165) is 38.5 Å². The van der Waals surface area contributed by atoms with Crippen LogP contribution in [-0.4, -0.2) is 36.7 Å². The van der Waals surface area contributed by atoms with E-state index in [9.17, 15) is 0 Å². The Kier molecular flexibility index (Phi) is 6.07. The van der Waals surface area contributed by atoms with Gasteiger partial charge >= 0.3 is 0 Å². The van der Waals surface area contributed by atoms with Crippen molar-refractivity contribution in [3.05, 3.63) is 23.7 Å². The summed E-state index contributed by atoms with van der Waals surface area (Å²) in [4.78, 5) is 2.48. The smallest absolute Gasteiger partial charge is 0.122 e. The predicted octanol–water partition coefficient (Wildman–Crippen LogP) is 2.78. The molecule has 1 atom stereocenters. The van der Waals surface area contributed by atoms with Gasteiger partial charge in [0.1, 0.15) is 5.76 Å². The standard InChI is InChI=1S/C16H28N2O2/c1-4-19-15-6-5-8-18(12-15)11-14-7-9-20-16(14)10-17-13(2)3/h7,9,13,15,17H,4-6,8,10-12H2,1-3H3. The normalized spacial score (nSPS) is 20.7. The minimum atomic E-state index is 0.401. The lowest BCUT2D eigenvalue weighted by atomic mass is 10.1. The molecule has 1 aliphatic heterocycles. The second-order valence-corrected chi connectivity index (χ2v) is 5.86. The van der Waals surface area contributed by atoms with E-state index in [-0.39, 0.29) is 0 Å². The van der Waals surface area contributed by atoms with Crippen LogP contribution < -0.4 is 5.32 Å². The first kappa shape index (κ1) is 15.5. The molecule has 0 saturated carbocycles. The highest BCUT2D eigenvalue weighted by Gasteiger charge is 2.21. The summed E-state index contributed by atoms with van der Waals surface area (Å²) in [5.74, 6) is 1.07. The summed E-state index contributed by atoms with van der Waals surface area (Å²) in [6.07, 6.45) is 4.62. The van der Waals surface area contributed by atoms with E-state index in [1.54, 1.807) is 6.26 Å². The molecule has 114 valence electrons. The van der Waals surface area contributed by atoms with E-state index in [1.165, 1.54) is 18.4 Å². The van der Waals surface area contributed by atoms with Gasteiger partial charge in [-0.05, 0) is 32.4 Å². The average Bonchev–Trinajstić information content (AvgIpc) is 2.84. The van der Waals surface area contributed by atoms with Crippen molar-refractivity contribution in [2.75, 3.05) is 19.7 Å². The fraction of sp³-hybridized carbons (Fsp3) is 0.750. The third-order valence-corrected chi connectivity index (χ3v) is 3.77. The average molecular weight is 280 g/mol. The SMILES string of the molecule is CCOC1CCCN(Cc2ccoc2CNC(C)C)C1. The molecule has 1 aromatic heterocycles. The lowest BCUT2D eigenvalue weighted by molar-refractivity contribution is 0.00349. The van der Waals surface area contributed by atoms with Crippen LogP contribution in [0.25, 0.3) is 0 Å². The summed E-state index contributed by atoms with van der Waals surface area (Å²) >= 11 is 0. The number of nitrogens with zero attached hydrogens (tertiary/aromatic N) is 1. The number of likely N-dealkylation sites (tertiary alicyclic amines) is 1. The van der Waals surface area contributed by atoms with Gasteiger partial charge in [0, 0.05) is 31.3 Å². The summed E-state index contributed by atoms with van der Waals surface area (Å²) in [6, 6.07) is 2.58. The van der Waals surface area contributed by atoms with E-state index >= 15 is 0 Å². The maximum atomic E-state index is 5.76. The van der Waals surface area contributed by atoms with E-state index in [1.807, 2.05) is 0 Å². The van der Waals surface area contributed by atoms with Gasteiger partial charge in [-0.25, -0.2) is 0 Å². The maximum Gasteiger partial charge on any atom is 0.122 e. The molecule has 0 spiro atoms. The van der Waals surface area contributed by atoms with Crippen LogP contribution in [0.5, 0.6) is 0 Å². The zero-order valence-corrected chi connectivity index (χ0v) is 13.0. The molecule has 0 aliphatic carbocycles. The van der Waals surface area contributed by atoms with Gasteiger partial charge in [0.05, 0.1) is 18.9 Å². The quantitative estimate of drug-likeness (QED) is 0.833. The third-order valence-electron chi connectivity index (χ3n) is 3.77. The number of piperidine rings is 1. The van der Waals surface area contributed by atoms with Gasteiger partial charge in [-0.1, -0.05) is 13.8 Å². The van der Waals surface area contributed by atoms with Crippen LogP contribution in [0.2, 0.25) is 0 Å². The van der Waals surface area contributed by atoms with Crippen molar-refractivity contribution in [1.29, 1.82) is 0 Å². The molecule has 2 heterocycles. The summed E-state index contributed by atoms with van der Waals surface area (Å²) < 4.78 is 11.4. The summed E-state index contributed by atoms with van der Waals surface area (Å²) in [5, 5.41) is 3.42. The fourth-order valence-corrected chi connectivity index (χ4v) is 2.73. The minimum absolute atomic E-state index is 0.401. The summed E-state index contributed by atoms with van der Waals surface area (Å²) in [5.41, 5.74) is 1.30. The first-order valence-corrected chi connectivity index (χ1v) is 7.81. The number of nitrogens with one attached hydrogen (secondary N) is 1. The number of ether oxygens (including phenoxy) is 1. The Labute approximate surface area is 122 Å². The van der Waals surface area contributed by atoms with Crippen molar-refractivity contribution < 1.29 is 9.15 Å². The summed E-state index contributed by atoms with van der Waals surface area (Å²) in [6.45, 7) is 11.2. The lowest BCUT2D eigenvalue weighted by Crippen LogP contribution is -2.39. The highest BCUT2D eigenvalue weighted by Crippen LogP contribution is 2.19. The van der Waals surface area contributed by atoms with Crippen LogP contribution in [-0.2, 0) is 17.8 Å². The van der Waals surface area contributed by atoms with Crippen molar-refractivity contribution in [2.24, 2.45) is 0 Å². The molecule has 4 heteroatoms. The Balaban J connectivity index is 1.87. The Hall–Kier alpha value is -0.840. The Morgan fingerprint density at radius 2 is 2.35 bits per heavy atom. The zero-order chi connectivity index (χ0) is 14.4. The van der Waals surface area contributed by atoms with Crippen LogP contribution in [0, 0.1) is 0 Å². The number of hydrogen-bond donors (Lipinski definition) is 1.